The molecular weight excluding hydrogens is 434 g/mol. The topological polar surface area (TPSA) is 69.6 Å². The fourth-order valence-corrected chi connectivity index (χ4v) is 5.08. The summed E-state index contributed by atoms with van der Waals surface area (Å²) in [6, 6.07) is 1.88. The molecule has 0 radical (unpaired) electrons. The highest BCUT2D eigenvalue weighted by Gasteiger charge is 2.28. The fourth-order valence-electron chi connectivity index (χ4n) is 4.10. The Balaban J connectivity index is 1.57. The van der Waals surface area contributed by atoms with Gasteiger partial charge in [-0.05, 0) is 32.1 Å². The van der Waals surface area contributed by atoms with Gasteiger partial charge in [0.2, 0.25) is 11.8 Å². The highest BCUT2D eigenvalue weighted by molar-refractivity contribution is 7.99. The predicted molar refractivity (Wildman–Crippen MR) is 126 cm³/mol. The summed E-state index contributed by atoms with van der Waals surface area (Å²) < 4.78 is 0. The lowest BCUT2D eigenvalue weighted by atomic mass is 9.99. The quantitative estimate of drug-likeness (QED) is 0.346. The van der Waals surface area contributed by atoms with Crippen LogP contribution in [0.2, 0.25) is 5.15 Å². The summed E-state index contributed by atoms with van der Waals surface area (Å²) in [6.07, 6.45) is 4.71. The van der Waals surface area contributed by atoms with Crippen LogP contribution < -0.4 is 4.90 Å². The lowest BCUT2D eigenvalue weighted by molar-refractivity contribution is -0.133. The van der Waals surface area contributed by atoms with Crippen molar-refractivity contribution in [2.45, 2.75) is 64.1 Å². The van der Waals surface area contributed by atoms with Crippen molar-refractivity contribution in [1.82, 2.24) is 19.8 Å². The molecule has 1 aromatic rings. The van der Waals surface area contributed by atoms with Gasteiger partial charge in [-0.2, -0.15) is 0 Å². The second kappa shape index (κ2) is 11.4. The van der Waals surface area contributed by atoms with Crippen LogP contribution >= 0.6 is 23.4 Å². The first-order valence-corrected chi connectivity index (χ1v) is 12.7. The molecule has 2 aliphatic rings. The molecule has 7 nitrogen and oxygen atoms in total. The molecule has 2 amide bonds. The number of carbonyl (C=O) groups is 2. The Morgan fingerprint density at radius 3 is 2.55 bits per heavy atom. The third-order valence-corrected chi connectivity index (χ3v) is 7.16. The molecule has 0 spiro atoms. The van der Waals surface area contributed by atoms with E-state index in [1.54, 1.807) is 6.07 Å². The van der Waals surface area contributed by atoms with E-state index in [9.17, 15) is 9.59 Å². The molecule has 0 aromatic carbocycles. The Morgan fingerprint density at radius 2 is 1.87 bits per heavy atom. The highest BCUT2D eigenvalue weighted by Crippen LogP contribution is 2.25. The number of halogens is 1. The van der Waals surface area contributed by atoms with Gasteiger partial charge in [0.25, 0.3) is 0 Å². The van der Waals surface area contributed by atoms with E-state index in [0.717, 1.165) is 44.6 Å². The molecule has 1 atom stereocenters. The van der Waals surface area contributed by atoms with E-state index in [1.807, 2.05) is 9.80 Å². The Hall–Kier alpha value is -1.54. The highest BCUT2D eigenvalue weighted by atomic mass is 35.5. The molecule has 1 unspecified atom stereocenters. The van der Waals surface area contributed by atoms with Crippen LogP contribution in [0.25, 0.3) is 0 Å². The van der Waals surface area contributed by atoms with Gasteiger partial charge in [0, 0.05) is 51.3 Å². The maximum atomic E-state index is 12.5. The van der Waals surface area contributed by atoms with Crippen LogP contribution in [0.4, 0.5) is 5.82 Å². The number of hydrogen-bond donors (Lipinski definition) is 0. The van der Waals surface area contributed by atoms with Crippen LogP contribution in [-0.2, 0) is 9.59 Å². The molecule has 3 rings (SSSR count). The molecule has 9 heteroatoms. The minimum atomic E-state index is 0.117. The van der Waals surface area contributed by atoms with Crippen LogP contribution in [0.15, 0.2) is 11.2 Å². The minimum Gasteiger partial charge on any atom is -0.353 e. The van der Waals surface area contributed by atoms with E-state index in [1.165, 1.54) is 11.8 Å². The molecule has 2 fully saturated rings. The van der Waals surface area contributed by atoms with Gasteiger partial charge in [0.05, 0.1) is 5.75 Å². The molecule has 2 saturated heterocycles. The van der Waals surface area contributed by atoms with E-state index < -0.39 is 0 Å². The maximum Gasteiger partial charge on any atom is 0.233 e. The van der Waals surface area contributed by atoms with Gasteiger partial charge in [0.1, 0.15) is 11.0 Å². The van der Waals surface area contributed by atoms with Crippen LogP contribution in [0.1, 0.15) is 52.9 Å². The summed E-state index contributed by atoms with van der Waals surface area (Å²) >= 11 is 7.61. The van der Waals surface area contributed by atoms with Crippen LogP contribution in [-0.4, -0.2) is 76.1 Å². The minimum absolute atomic E-state index is 0.117. The molecule has 0 saturated carbocycles. The number of likely N-dealkylation sites (tertiary alicyclic amines) is 1. The number of hydrogen-bond acceptors (Lipinski definition) is 6. The first-order valence-electron chi connectivity index (χ1n) is 11.4. The average Bonchev–Trinajstić information content (AvgIpc) is 2.75. The van der Waals surface area contributed by atoms with Crippen molar-refractivity contribution in [2.24, 2.45) is 5.92 Å². The van der Waals surface area contributed by atoms with Crippen molar-refractivity contribution in [3.63, 3.8) is 0 Å². The Bertz CT molecular complexity index is 772. The zero-order valence-electron chi connectivity index (χ0n) is 18.8. The molecule has 31 heavy (non-hydrogen) atoms. The normalized spacial score (nSPS) is 20.3. The summed E-state index contributed by atoms with van der Waals surface area (Å²) in [5.41, 5.74) is 0. The molecule has 0 N–H and O–H groups in total. The second-order valence-electron chi connectivity index (χ2n) is 8.67. The molecule has 0 bridgehead atoms. The van der Waals surface area contributed by atoms with Crippen molar-refractivity contribution >= 4 is 41.0 Å². The van der Waals surface area contributed by atoms with Crippen molar-refractivity contribution in [2.75, 3.05) is 43.4 Å². The average molecular weight is 468 g/mol. The first kappa shape index (κ1) is 24.1. The Morgan fingerprint density at radius 1 is 1.13 bits per heavy atom. The van der Waals surface area contributed by atoms with Crippen LogP contribution in [0, 0.1) is 5.92 Å². The first-order chi connectivity index (χ1) is 14.9. The van der Waals surface area contributed by atoms with Gasteiger partial charge >= 0.3 is 0 Å². The summed E-state index contributed by atoms with van der Waals surface area (Å²) in [7, 11) is 0. The molecule has 2 aliphatic heterocycles. The van der Waals surface area contributed by atoms with Gasteiger partial charge in [-0.15, -0.1) is 0 Å². The molecule has 1 aromatic heterocycles. The van der Waals surface area contributed by atoms with E-state index in [4.69, 9.17) is 11.6 Å². The number of rotatable bonds is 7. The third kappa shape index (κ3) is 6.72. The molecule has 0 aliphatic carbocycles. The van der Waals surface area contributed by atoms with Gasteiger partial charge < -0.3 is 14.7 Å². The number of unbranched alkanes of at least 4 members (excludes halogenated alkanes) is 1. The molecular formula is C22H34ClN5O2S. The number of anilines is 1. The second-order valence-corrected chi connectivity index (χ2v) is 10.00. The maximum absolute atomic E-state index is 12.5. The molecule has 3 heterocycles. The van der Waals surface area contributed by atoms with Crippen LogP contribution in [0.5, 0.6) is 0 Å². The zero-order valence-corrected chi connectivity index (χ0v) is 20.4. The Labute approximate surface area is 194 Å². The largest absolute Gasteiger partial charge is 0.353 e. The number of piperidine rings is 1. The lowest BCUT2D eigenvalue weighted by Crippen LogP contribution is -2.54. The molecule has 172 valence electrons. The summed E-state index contributed by atoms with van der Waals surface area (Å²) in [5, 5.41) is 0.899. The van der Waals surface area contributed by atoms with Crippen molar-refractivity contribution in [3.05, 3.63) is 11.2 Å². The summed E-state index contributed by atoms with van der Waals surface area (Å²) in [6.45, 7) is 10.2. The SMILES string of the molecule is CCCCC(=O)N1CCN(c2cc(Cl)nc(SCC(=O)N3CCC(C)CC3)n2)CC1C. The van der Waals surface area contributed by atoms with Crippen molar-refractivity contribution in [3.8, 4) is 0 Å². The van der Waals surface area contributed by atoms with Gasteiger partial charge in [-0.1, -0.05) is 43.6 Å². The Kier molecular flexibility index (Phi) is 8.84. The number of aromatic nitrogens is 2. The monoisotopic (exact) mass is 467 g/mol. The summed E-state index contributed by atoms with van der Waals surface area (Å²) in [5.74, 6) is 2.14. The van der Waals surface area contributed by atoms with E-state index in [-0.39, 0.29) is 17.9 Å². The van der Waals surface area contributed by atoms with Crippen molar-refractivity contribution in [1.29, 1.82) is 0 Å². The standard InChI is InChI=1S/C22H34ClN5O2S/c1-4-5-6-20(29)28-12-11-27(14-17(28)3)19-13-18(23)24-22(25-19)31-15-21(30)26-9-7-16(2)8-10-26/h13,16-17H,4-12,14-15H2,1-3H3. The number of carbonyl (C=O) groups excluding carboxylic acids is 2. The number of amides is 2. The lowest BCUT2D eigenvalue weighted by Gasteiger charge is -2.40. The smallest absolute Gasteiger partial charge is 0.233 e. The summed E-state index contributed by atoms with van der Waals surface area (Å²) in [4.78, 5) is 40.0. The van der Waals surface area contributed by atoms with E-state index >= 15 is 0 Å². The predicted octanol–water partition coefficient (Wildman–Crippen LogP) is 3.71. The van der Waals surface area contributed by atoms with Crippen LogP contribution in [0.3, 0.4) is 0 Å². The number of piperazine rings is 1. The third-order valence-electron chi connectivity index (χ3n) is 6.14. The number of thioether (sulfide) groups is 1. The van der Waals surface area contributed by atoms with Gasteiger partial charge in [-0.3, -0.25) is 9.59 Å². The number of nitrogens with zero attached hydrogens (tertiary/aromatic N) is 5. The van der Waals surface area contributed by atoms with Crippen molar-refractivity contribution < 1.29 is 9.59 Å². The van der Waals surface area contributed by atoms with Gasteiger partial charge in [0.15, 0.2) is 5.16 Å². The van der Waals surface area contributed by atoms with Gasteiger partial charge in [-0.25, -0.2) is 9.97 Å². The fraction of sp³-hybridized carbons (Fsp3) is 0.727. The van der Waals surface area contributed by atoms with E-state index in [2.05, 4.69) is 35.6 Å². The van der Waals surface area contributed by atoms with E-state index in [0.29, 0.717) is 48.0 Å². The zero-order chi connectivity index (χ0) is 22.4.